The van der Waals surface area contributed by atoms with Crippen molar-refractivity contribution in [2.45, 2.75) is 56.6 Å². The fraction of sp³-hybridized carbons (Fsp3) is 0.737. The van der Waals surface area contributed by atoms with Crippen LogP contribution < -0.4 is 68.6 Å². The largest absolute Gasteiger partial charge is 1.00 e. The van der Waals surface area contributed by atoms with E-state index >= 15 is 0 Å². The van der Waals surface area contributed by atoms with Gasteiger partial charge in [-0.15, -0.1) is 6.10 Å². The van der Waals surface area contributed by atoms with E-state index in [0.29, 0.717) is 25.8 Å². The minimum Gasteiger partial charge on any atom is -0.852 e. The Morgan fingerprint density at radius 1 is 1.30 bits per heavy atom. The molecular formula is C19H27N2O5Rb. The number of amides is 2. The molecule has 1 aliphatic heterocycles. The fourth-order valence-corrected chi connectivity index (χ4v) is 4.26. The molecule has 2 fully saturated rings. The van der Waals surface area contributed by atoms with Gasteiger partial charge >= 0.3 is 64.2 Å². The van der Waals surface area contributed by atoms with Gasteiger partial charge in [0.15, 0.2) is 0 Å². The minimum absolute atomic E-state index is 0. The maximum absolute atomic E-state index is 12.9. The number of carbonyl (C=O) groups excluding carboxylic acids is 2. The third-order valence-corrected chi connectivity index (χ3v) is 6.06. The zero-order valence-corrected chi connectivity index (χ0v) is 21.1. The van der Waals surface area contributed by atoms with Gasteiger partial charge in [-0.25, -0.2) is 4.79 Å². The number of hydrogen-bond acceptors (Lipinski definition) is 4. The summed E-state index contributed by atoms with van der Waals surface area (Å²) in [6, 6.07) is 0. The molecule has 5 atom stereocenters. The standard InChI is InChI=1S/C19H27N2O5.Rb/c1-21-9-5-3-2-4-6-12-11-19(12,18(25)26)20-16(23)15-10-13(22)7-8-14(15)17(21)24;/h4,6,12-15H,2-3,5,7-11H2,1H3,(H,20,23)(H,25,26);/q-1;+1/b6-4-;/t12-,13+,14-,15-,19?;/m1./s1. The maximum atomic E-state index is 12.9. The smallest absolute Gasteiger partial charge is 0.852 e. The molecule has 0 spiro atoms. The molecule has 7 nitrogen and oxygen atoms in total. The Bertz CT molecular complexity index is 625. The fourth-order valence-electron chi connectivity index (χ4n) is 4.26. The number of allylic oxidation sites excluding steroid dienone is 1. The number of aliphatic carboxylic acids is 1. The van der Waals surface area contributed by atoms with Gasteiger partial charge < -0.3 is 20.4 Å². The van der Waals surface area contributed by atoms with E-state index in [1.54, 1.807) is 11.9 Å². The van der Waals surface area contributed by atoms with Crippen molar-refractivity contribution in [3.63, 3.8) is 0 Å². The average Bonchev–Trinajstić information content (AvgIpc) is 3.30. The summed E-state index contributed by atoms with van der Waals surface area (Å²) in [6.07, 6.45) is 6.78. The van der Waals surface area contributed by atoms with Crippen molar-refractivity contribution in [2.75, 3.05) is 13.6 Å². The molecule has 2 saturated carbocycles. The molecule has 3 rings (SSSR count). The van der Waals surface area contributed by atoms with Gasteiger partial charge in [-0.3, -0.25) is 9.59 Å². The molecule has 0 aromatic heterocycles. The van der Waals surface area contributed by atoms with E-state index in [-0.39, 0.29) is 76.4 Å². The quantitative estimate of drug-likeness (QED) is 0.424. The van der Waals surface area contributed by atoms with E-state index in [0.717, 1.165) is 19.3 Å². The van der Waals surface area contributed by atoms with Crippen molar-refractivity contribution in [1.82, 2.24) is 10.2 Å². The Kier molecular flexibility index (Phi) is 8.26. The van der Waals surface area contributed by atoms with E-state index in [4.69, 9.17) is 0 Å². The van der Waals surface area contributed by atoms with E-state index in [2.05, 4.69) is 5.32 Å². The molecule has 2 aliphatic carbocycles. The van der Waals surface area contributed by atoms with Gasteiger partial charge in [-0.1, -0.05) is 25.0 Å². The SMILES string of the molecule is CN1CCCC/C=C\[C@@H]2CC2(C(=O)O)NC(=O)[C@@H]2C[C@@H]([O-])CC[C@H]2C1=O.[Rb+]. The first-order chi connectivity index (χ1) is 12.3. The molecule has 2 N–H and O–H groups in total. The molecule has 0 aromatic carbocycles. The Hall–Kier alpha value is -0.0848. The molecule has 1 unspecified atom stereocenters. The molecular weight excluding hydrogens is 422 g/mol. The van der Waals surface area contributed by atoms with E-state index < -0.39 is 35.4 Å². The van der Waals surface area contributed by atoms with Crippen LogP contribution in [0.25, 0.3) is 0 Å². The van der Waals surface area contributed by atoms with Crippen LogP contribution >= 0.6 is 0 Å². The predicted molar refractivity (Wildman–Crippen MR) is 91.9 cm³/mol. The summed E-state index contributed by atoms with van der Waals surface area (Å²) < 4.78 is 0. The predicted octanol–water partition coefficient (Wildman–Crippen LogP) is -2.71. The molecule has 0 aromatic rings. The van der Waals surface area contributed by atoms with Crippen LogP contribution in [-0.4, -0.2) is 53.0 Å². The first-order valence-corrected chi connectivity index (χ1v) is 9.48. The summed E-state index contributed by atoms with van der Waals surface area (Å²) in [4.78, 5) is 39.1. The number of fused-ring (bicyclic) bond motifs is 2. The van der Waals surface area contributed by atoms with Gasteiger partial charge in [0.25, 0.3) is 0 Å². The van der Waals surface area contributed by atoms with E-state index in [1.807, 2.05) is 12.2 Å². The van der Waals surface area contributed by atoms with Crippen LogP contribution in [0.5, 0.6) is 0 Å². The first kappa shape index (κ1) is 23.2. The van der Waals surface area contributed by atoms with E-state index in [1.165, 1.54) is 0 Å². The average molecular weight is 449 g/mol. The summed E-state index contributed by atoms with van der Waals surface area (Å²) in [5, 5.41) is 24.3. The van der Waals surface area contributed by atoms with Gasteiger partial charge in [0.1, 0.15) is 5.54 Å². The molecule has 8 heteroatoms. The molecule has 0 saturated heterocycles. The summed E-state index contributed by atoms with van der Waals surface area (Å²) in [7, 11) is 1.73. The van der Waals surface area contributed by atoms with Crippen molar-refractivity contribution < 1.29 is 82.8 Å². The molecule has 144 valence electrons. The van der Waals surface area contributed by atoms with Gasteiger partial charge in [0.2, 0.25) is 11.8 Å². The first-order valence-electron chi connectivity index (χ1n) is 9.48. The third kappa shape index (κ3) is 5.10. The van der Waals surface area contributed by atoms with Gasteiger partial charge in [0, 0.05) is 31.3 Å². The van der Waals surface area contributed by atoms with Crippen LogP contribution in [0.1, 0.15) is 44.9 Å². The Morgan fingerprint density at radius 3 is 2.74 bits per heavy atom. The molecule has 2 amide bonds. The minimum atomic E-state index is -1.28. The summed E-state index contributed by atoms with van der Waals surface area (Å²) in [6.45, 7) is 0.626. The number of hydrogen-bond donors (Lipinski definition) is 2. The van der Waals surface area contributed by atoms with Crippen molar-refractivity contribution in [1.29, 1.82) is 0 Å². The van der Waals surface area contributed by atoms with Crippen molar-refractivity contribution in [3.8, 4) is 0 Å². The summed E-state index contributed by atoms with van der Waals surface area (Å²) in [5.74, 6) is -3.14. The molecule has 3 aliphatic rings. The zero-order chi connectivity index (χ0) is 18.9. The van der Waals surface area contributed by atoms with Gasteiger partial charge in [-0.05, 0) is 32.1 Å². The zero-order valence-electron chi connectivity index (χ0n) is 16.1. The van der Waals surface area contributed by atoms with Crippen molar-refractivity contribution >= 4 is 17.8 Å². The van der Waals surface area contributed by atoms with Crippen molar-refractivity contribution in [2.24, 2.45) is 17.8 Å². The normalized spacial score (nSPS) is 38.4. The van der Waals surface area contributed by atoms with Crippen molar-refractivity contribution in [3.05, 3.63) is 12.2 Å². The molecule has 27 heavy (non-hydrogen) atoms. The molecule has 0 radical (unpaired) electrons. The summed E-state index contributed by atoms with van der Waals surface area (Å²) >= 11 is 0. The number of nitrogens with one attached hydrogen (secondary N) is 1. The van der Waals surface area contributed by atoms with Crippen LogP contribution in [0.3, 0.4) is 0 Å². The Balaban J connectivity index is 0.00000261. The molecule has 0 bridgehead atoms. The van der Waals surface area contributed by atoms with Crippen LogP contribution in [0.15, 0.2) is 12.2 Å². The number of nitrogens with zero attached hydrogens (tertiary/aromatic N) is 1. The second kappa shape index (κ2) is 9.61. The van der Waals surface area contributed by atoms with E-state index in [9.17, 15) is 24.6 Å². The van der Waals surface area contributed by atoms with Crippen LogP contribution in [0, 0.1) is 17.8 Å². The van der Waals surface area contributed by atoms with Gasteiger partial charge in [0.05, 0.1) is 0 Å². The Morgan fingerprint density at radius 2 is 2.04 bits per heavy atom. The maximum Gasteiger partial charge on any atom is 1.00 e. The number of carboxylic acids is 1. The Labute approximate surface area is 208 Å². The van der Waals surface area contributed by atoms with Gasteiger partial charge in [-0.2, -0.15) is 0 Å². The third-order valence-electron chi connectivity index (χ3n) is 6.06. The summed E-state index contributed by atoms with van der Waals surface area (Å²) in [5.41, 5.74) is -1.28. The molecule has 1 heterocycles. The van der Waals surface area contributed by atoms with Crippen LogP contribution in [-0.2, 0) is 14.4 Å². The second-order valence-corrected chi connectivity index (χ2v) is 7.91. The number of carboxylic acid groups (broad SMARTS) is 1. The van der Waals surface area contributed by atoms with Crippen LogP contribution in [0.4, 0.5) is 0 Å². The topological polar surface area (TPSA) is 110 Å². The second-order valence-electron chi connectivity index (χ2n) is 7.91. The number of carbonyl (C=O) groups is 3. The number of rotatable bonds is 1. The monoisotopic (exact) mass is 448 g/mol. The van der Waals surface area contributed by atoms with Crippen LogP contribution in [0.2, 0.25) is 0 Å².